The van der Waals surface area contributed by atoms with Crippen LogP contribution in [0.3, 0.4) is 0 Å². The summed E-state index contributed by atoms with van der Waals surface area (Å²) in [5.74, 6) is -0.0818. The van der Waals surface area contributed by atoms with Crippen molar-refractivity contribution in [3.05, 3.63) is 23.9 Å². The first-order chi connectivity index (χ1) is 13.5. The van der Waals surface area contributed by atoms with E-state index in [9.17, 15) is 14.4 Å². The lowest BCUT2D eigenvalue weighted by atomic mass is 10.2. The van der Waals surface area contributed by atoms with Crippen molar-refractivity contribution >= 4 is 23.5 Å². The van der Waals surface area contributed by atoms with Gasteiger partial charge in [-0.25, -0.2) is 4.98 Å². The number of nitrogens with zero attached hydrogens (tertiary/aromatic N) is 5. The molecule has 0 radical (unpaired) electrons. The van der Waals surface area contributed by atoms with Crippen LogP contribution < -0.4 is 4.90 Å². The molecule has 1 aromatic rings. The second kappa shape index (κ2) is 9.03. The van der Waals surface area contributed by atoms with E-state index in [1.807, 2.05) is 6.07 Å². The van der Waals surface area contributed by atoms with E-state index in [1.165, 1.54) is 0 Å². The number of anilines is 1. The molecule has 2 aliphatic rings. The summed E-state index contributed by atoms with van der Waals surface area (Å²) in [4.78, 5) is 48.8. The lowest BCUT2D eigenvalue weighted by molar-refractivity contribution is -0.152. The molecule has 3 amide bonds. The highest BCUT2D eigenvalue weighted by molar-refractivity contribution is 6.35. The standard InChI is InChI=1S/C20H29N5O3/c1-3-22(4-2)17-8-7-16(15-21-17)18(26)24-11-13-25(14-12-24)20(28)19(27)23-9-5-6-10-23/h7-8,15H,3-6,9-14H2,1-2H3. The van der Waals surface area contributed by atoms with Crippen LogP contribution in [-0.2, 0) is 9.59 Å². The van der Waals surface area contributed by atoms with Crippen molar-refractivity contribution in [1.29, 1.82) is 0 Å². The van der Waals surface area contributed by atoms with Crippen LogP contribution in [0.25, 0.3) is 0 Å². The number of piperazine rings is 1. The summed E-state index contributed by atoms with van der Waals surface area (Å²) >= 11 is 0. The van der Waals surface area contributed by atoms with Gasteiger partial charge in [0.15, 0.2) is 0 Å². The fourth-order valence-electron chi connectivity index (χ4n) is 3.73. The number of carbonyl (C=O) groups is 3. The lowest BCUT2D eigenvalue weighted by Gasteiger charge is -2.35. The van der Waals surface area contributed by atoms with Gasteiger partial charge in [-0.2, -0.15) is 0 Å². The van der Waals surface area contributed by atoms with Gasteiger partial charge in [0, 0.05) is 58.6 Å². The van der Waals surface area contributed by atoms with Gasteiger partial charge in [-0.3, -0.25) is 14.4 Å². The Morgan fingerprint density at radius 3 is 1.89 bits per heavy atom. The Morgan fingerprint density at radius 2 is 1.39 bits per heavy atom. The van der Waals surface area contributed by atoms with Crippen molar-refractivity contribution in [2.24, 2.45) is 0 Å². The zero-order valence-corrected chi connectivity index (χ0v) is 16.8. The van der Waals surface area contributed by atoms with Crippen molar-refractivity contribution in [2.75, 3.05) is 57.3 Å². The minimum absolute atomic E-state index is 0.0865. The van der Waals surface area contributed by atoms with Crippen molar-refractivity contribution < 1.29 is 14.4 Å². The molecule has 152 valence electrons. The van der Waals surface area contributed by atoms with Gasteiger partial charge in [0.1, 0.15) is 5.82 Å². The second-order valence-corrected chi connectivity index (χ2v) is 7.16. The Morgan fingerprint density at radius 1 is 0.857 bits per heavy atom. The smallest absolute Gasteiger partial charge is 0.312 e. The van der Waals surface area contributed by atoms with Gasteiger partial charge in [0.25, 0.3) is 5.91 Å². The molecule has 8 nitrogen and oxygen atoms in total. The van der Waals surface area contributed by atoms with E-state index in [2.05, 4.69) is 23.7 Å². The molecule has 3 rings (SSSR count). The predicted octanol–water partition coefficient (Wildman–Crippen LogP) is 0.835. The number of likely N-dealkylation sites (tertiary alicyclic amines) is 1. The van der Waals surface area contributed by atoms with E-state index in [0.29, 0.717) is 44.8 Å². The third-order valence-corrected chi connectivity index (χ3v) is 5.51. The summed E-state index contributed by atoms with van der Waals surface area (Å²) in [6, 6.07) is 3.67. The van der Waals surface area contributed by atoms with E-state index in [4.69, 9.17) is 0 Å². The Kier molecular flexibility index (Phi) is 6.49. The highest BCUT2D eigenvalue weighted by atomic mass is 16.2. The highest BCUT2D eigenvalue weighted by Crippen LogP contribution is 2.14. The quantitative estimate of drug-likeness (QED) is 0.716. The first-order valence-electron chi connectivity index (χ1n) is 10.1. The average Bonchev–Trinajstić information content (AvgIpc) is 3.28. The first-order valence-corrected chi connectivity index (χ1v) is 10.1. The molecule has 0 unspecified atom stereocenters. The van der Waals surface area contributed by atoms with Gasteiger partial charge < -0.3 is 19.6 Å². The maximum atomic E-state index is 12.7. The van der Waals surface area contributed by atoms with Gasteiger partial charge in [-0.15, -0.1) is 0 Å². The second-order valence-electron chi connectivity index (χ2n) is 7.16. The summed E-state index contributed by atoms with van der Waals surface area (Å²) in [5.41, 5.74) is 0.545. The summed E-state index contributed by atoms with van der Waals surface area (Å²) in [6.45, 7) is 8.82. The molecule has 0 aliphatic carbocycles. The van der Waals surface area contributed by atoms with Crippen LogP contribution in [0.2, 0.25) is 0 Å². The van der Waals surface area contributed by atoms with Crippen molar-refractivity contribution in [3.63, 3.8) is 0 Å². The third kappa shape index (κ3) is 4.26. The van der Waals surface area contributed by atoms with E-state index < -0.39 is 11.8 Å². The number of carbonyl (C=O) groups excluding carboxylic acids is 3. The molecular formula is C20H29N5O3. The number of hydrogen-bond acceptors (Lipinski definition) is 5. The fraction of sp³-hybridized carbons (Fsp3) is 0.600. The van der Waals surface area contributed by atoms with Gasteiger partial charge in [-0.05, 0) is 38.8 Å². The largest absolute Gasteiger partial charge is 0.357 e. The molecule has 3 heterocycles. The molecule has 2 fully saturated rings. The number of hydrogen-bond donors (Lipinski definition) is 0. The molecule has 28 heavy (non-hydrogen) atoms. The average molecular weight is 387 g/mol. The summed E-state index contributed by atoms with van der Waals surface area (Å²) in [6.07, 6.45) is 3.54. The van der Waals surface area contributed by atoms with Crippen molar-refractivity contribution in [2.45, 2.75) is 26.7 Å². The summed E-state index contributed by atoms with van der Waals surface area (Å²) in [5, 5.41) is 0. The molecule has 2 aliphatic heterocycles. The summed E-state index contributed by atoms with van der Waals surface area (Å²) < 4.78 is 0. The van der Waals surface area contributed by atoms with E-state index in [1.54, 1.807) is 27.0 Å². The van der Waals surface area contributed by atoms with E-state index in [-0.39, 0.29) is 5.91 Å². The fourth-order valence-corrected chi connectivity index (χ4v) is 3.73. The van der Waals surface area contributed by atoms with Crippen molar-refractivity contribution in [3.8, 4) is 0 Å². The van der Waals surface area contributed by atoms with Gasteiger partial charge >= 0.3 is 11.8 Å². The van der Waals surface area contributed by atoms with Crippen LogP contribution in [0.15, 0.2) is 18.3 Å². The molecule has 0 N–H and O–H groups in total. The zero-order valence-electron chi connectivity index (χ0n) is 16.8. The number of pyridine rings is 1. The molecule has 0 atom stereocenters. The Balaban J connectivity index is 1.54. The minimum Gasteiger partial charge on any atom is -0.357 e. The van der Waals surface area contributed by atoms with E-state index >= 15 is 0 Å². The molecule has 2 saturated heterocycles. The SMILES string of the molecule is CCN(CC)c1ccc(C(=O)N2CCN(C(=O)C(=O)N3CCCC3)CC2)cn1. The third-order valence-electron chi connectivity index (χ3n) is 5.51. The molecular weight excluding hydrogens is 358 g/mol. The van der Waals surface area contributed by atoms with Crippen LogP contribution in [0.1, 0.15) is 37.0 Å². The Bertz CT molecular complexity index is 703. The molecule has 0 bridgehead atoms. The van der Waals surface area contributed by atoms with Crippen LogP contribution >= 0.6 is 0 Å². The van der Waals surface area contributed by atoms with Crippen molar-refractivity contribution in [1.82, 2.24) is 19.7 Å². The van der Waals surface area contributed by atoms with Crippen LogP contribution in [0.4, 0.5) is 5.82 Å². The van der Waals surface area contributed by atoms with E-state index in [0.717, 1.165) is 31.7 Å². The first kappa shape index (κ1) is 20.1. The molecule has 0 aromatic carbocycles. The van der Waals surface area contributed by atoms with Gasteiger partial charge in [0.2, 0.25) is 0 Å². The van der Waals surface area contributed by atoms with Crippen LogP contribution in [0, 0.1) is 0 Å². The normalized spacial score (nSPS) is 17.0. The molecule has 0 saturated carbocycles. The molecule has 8 heteroatoms. The van der Waals surface area contributed by atoms with Gasteiger partial charge in [-0.1, -0.05) is 0 Å². The van der Waals surface area contributed by atoms with Crippen LogP contribution in [0.5, 0.6) is 0 Å². The lowest BCUT2D eigenvalue weighted by Crippen LogP contribution is -2.54. The Labute approximate surface area is 166 Å². The monoisotopic (exact) mass is 387 g/mol. The highest BCUT2D eigenvalue weighted by Gasteiger charge is 2.32. The summed E-state index contributed by atoms with van der Waals surface area (Å²) in [7, 11) is 0. The zero-order chi connectivity index (χ0) is 20.1. The van der Waals surface area contributed by atoms with Gasteiger partial charge in [0.05, 0.1) is 5.56 Å². The predicted molar refractivity (Wildman–Crippen MR) is 106 cm³/mol. The molecule has 0 spiro atoms. The Hall–Kier alpha value is -2.64. The maximum Gasteiger partial charge on any atom is 0.312 e. The minimum atomic E-state index is -0.445. The van der Waals surface area contributed by atoms with Crippen LogP contribution in [-0.4, -0.2) is 89.8 Å². The molecule has 1 aromatic heterocycles. The maximum absolute atomic E-state index is 12.7. The topological polar surface area (TPSA) is 77.1 Å². The number of amides is 3. The number of rotatable bonds is 4. The number of aromatic nitrogens is 1.